The highest BCUT2D eigenvalue weighted by Gasteiger charge is 2.22. The summed E-state index contributed by atoms with van der Waals surface area (Å²) >= 11 is 0. The van der Waals surface area contributed by atoms with Gasteiger partial charge in [-0.15, -0.1) is 0 Å². The first-order valence-corrected chi connectivity index (χ1v) is 9.22. The Morgan fingerprint density at radius 3 is 2.50 bits per heavy atom. The third kappa shape index (κ3) is 3.57. The molecular formula is C17H17FN2O5S. The average molecular weight is 380 g/mol. The number of sulfonamides is 1. The molecule has 1 aliphatic heterocycles. The number of carbonyl (C=O) groups excluding carboxylic acids is 1. The molecular weight excluding hydrogens is 363 g/mol. The minimum Gasteiger partial charge on any atom is -0.486 e. The number of nitrogens with one attached hydrogen (secondary N) is 1. The SMILES string of the molecule is CC(=O)N(C)c1ccc(F)cc1NS(=O)(=O)c1ccc2c(c1)OCCO2. The van der Waals surface area contributed by atoms with Crippen LogP contribution in [0, 0.1) is 5.82 Å². The fourth-order valence-corrected chi connectivity index (χ4v) is 3.53. The van der Waals surface area contributed by atoms with E-state index in [-0.39, 0.29) is 22.2 Å². The first-order valence-electron chi connectivity index (χ1n) is 7.74. The van der Waals surface area contributed by atoms with E-state index >= 15 is 0 Å². The topological polar surface area (TPSA) is 84.9 Å². The molecule has 0 radical (unpaired) electrons. The maximum absolute atomic E-state index is 13.6. The standard InChI is InChI=1S/C17H17FN2O5S/c1-11(21)20(2)15-5-3-12(18)9-14(15)19-26(22,23)13-4-6-16-17(10-13)25-8-7-24-16/h3-6,9-10,19H,7-8H2,1-2H3. The third-order valence-electron chi connectivity index (χ3n) is 3.86. The van der Waals surface area contributed by atoms with Crippen molar-refractivity contribution in [2.45, 2.75) is 11.8 Å². The molecule has 1 heterocycles. The summed E-state index contributed by atoms with van der Waals surface area (Å²) in [4.78, 5) is 12.8. The number of fused-ring (bicyclic) bond motifs is 1. The van der Waals surface area contributed by atoms with Gasteiger partial charge in [0.25, 0.3) is 10.0 Å². The summed E-state index contributed by atoms with van der Waals surface area (Å²) in [5, 5.41) is 0. The predicted octanol–water partition coefficient (Wildman–Crippen LogP) is 2.38. The van der Waals surface area contributed by atoms with Crippen LogP contribution in [0.2, 0.25) is 0 Å². The molecule has 2 aromatic rings. The molecule has 1 amide bonds. The van der Waals surface area contributed by atoms with Crippen molar-refractivity contribution in [1.29, 1.82) is 0 Å². The Kier molecular flexibility index (Phi) is 4.73. The summed E-state index contributed by atoms with van der Waals surface area (Å²) in [6.45, 7) is 2.03. The van der Waals surface area contributed by atoms with Gasteiger partial charge in [-0.25, -0.2) is 12.8 Å². The highest BCUT2D eigenvalue weighted by Crippen LogP contribution is 2.34. The molecule has 9 heteroatoms. The maximum Gasteiger partial charge on any atom is 0.262 e. The van der Waals surface area contributed by atoms with Gasteiger partial charge in [-0.3, -0.25) is 9.52 Å². The number of rotatable bonds is 4. The number of anilines is 2. The largest absolute Gasteiger partial charge is 0.486 e. The Morgan fingerprint density at radius 2 is 1.81 bits per heavy atom. The van der Waals surface area contributed by atoms with Gasteiger partial charge in [-0.1, -0.05) is 0 Å². The van der Waals surface area contributed by atoms with E-state index in [0.717, 1.165) is 12.1 Å². The minimum absolute atomic E-state index is 0.0439. The zero-order valence-electron chi connectivity index (χ0n) is 14.2. The molecule has 1 N–H and O–H groups in total. The van der Waals surface area contributed by atoms with Crippen molar-refractivity contribution >= 4 is 27.3 Å². The second kappa shape index (κ2) is 6.83. The van der Waals surface area contributed by atoms with Gasteiger partial charge in [0.05, 0.1) is 16.3 Å². The molecule has 3 rings (SSSR count). The van der Waals surface area contributed by atoms with Gasteiger partial charge >= 0.3 is 0 Å². The van der Waals surface area contributed by atoms with E-state index in [4.69, 9.17) is 9.47 Å². The monoisotopic (exact) mass is 380 g/mol. The zero-order chi connectivity index (χ0) is 18.9. The van der Waals surface area contributed by atoms with E-state index < -0.39 is 15.8 Å². The summed E-state index contributed by atoms with van der Waals surface area (Å²) in [6, 6.07) is 7.70. The van der Waals surface area contributed by atoms with E-state index in [2.05, 4.69) is 4.72 Å². The van der Waals surface area contributed by atoms with Gasteiger partial charge in [0.1, 0.15) is 19.0 Å². The first kappa shape index (κ1) is 18.0. The summed E-state index contributed by atoms with van der Waals surface area (Å²) in [7, 11) is -2.57. The maximum atomic E-state index is 13.6. The van der Waals surface area contributed by atoms with Gasteiger partial charge in [-0.05, 0) is 24.3 Å². The number of benzene rings is 2. The molecule has 0 fully saturated rings. The van der Waals surface area contributed by atoms with Crippen LogP contribution in [0.25, 0.3) is 0 Å². The van der Waals surface area contributed by atoms with Crippen LogP contribution >= 0.6 is 0 Å². The van der Waals surface area contributed by atoms with E-state index in [9.17, 15) is 17.6 Å². The highest BCUT2D eigenvalue weighted by molar-refractivity contribution is 7.92. The van der Waals surface area contributed by atoms with Crippen molar-refractivity contribution in [3.63, 3.8) is 0 Å². The van der Waals surface area contributed by atoms with Crippen LogP contribution in [-0.2, 0) is 14.8 Å². The van der Waals surface area contributed by atoms with Crippen molar-refractivity contribution < 1.29 is 27.1 Å². The summed E-state index contributed by atoms with van der Waals surface area (Å²) in [6.07, 6.45) is 0. The van der Waals surface area contributed by atoms with Crippen molar-refractivity contribution in [2.24, 2.45) is 0 Å². The number of halogens is 1. The number of hydrogen-bond acceptors (Lipinski definition) is 5. The molecule has 0 atom stereocenters. The third-order valence-corrected chi connectivity index (χ3v) is 5.22. The van der Waals surface area contributed by atoms with Crippen LogP contribution in [0.4, 0.5) is 15.8 Å². The van der Waals surface area contributed by atoms with Crippen LogP contribution in [-0.4, -0.2) is 34.6 Å². The second-order valence-corrected chi connectivity index (χ2v) is 7.33. The van der Waals surface area contributed by atoms with E-state index in [1.54, 1.807) is 0 Å². The smallest absolute Gasteiger partial charge is 0.262 e. The quantitative estimate of drug-likeness (QED) is 0.880. The molecule has 0 saturated carbocycles. The molecule has 2 aromatic carbocycles. The van der Waals surface area contributed by atoms with Crippen LogP contribution in [0.15, 0.2) is 41.3 Å². The fraction of sp³-hybridized carbons (Fsp3) is 0.235. The molecule has 0 aliphatic carbocycles. The van der Waals surface area contributed by atoms with Gasteiger partial charge in [0.2, 0.25) is 5.91 Å². The summed E-state index contributed by atoms with van der Waals surface area (Å²) in [5.74, 6) is -0.181. The number of amides is 1. The molecule has 26 heavy (non-hydrogen) atoms. The van der Waals surface area contributed by atoms with Crippen molar-refractivity contribution in [2.75, 3.05) is 29.9 Å². The van der Waals surface area contributed by atoms with Crippen LogP contribution in [0.1, 0.15) is 6.92 Å². The Hall–Kier alpha value is -2.81. The minimum atomic E-state index is -4.04. The Labute approximate surface area is 150 Å². The molecule has 0 saturated heterocycles. The Bertz CT molecular complexity index is 962. The first-order chi connectivity index (χ1) is 12.3. The molecule has 138 valence electrons. The zero-order valence-corrected chi connectivity index (χ0v) is 15.0. The van der Waals surface area contributed by atoms with Crippen LogP contribution in [0.5, 0.6) is 11.5 Å². The molecule has 0 unspecified atom stereocenters. The lowest BCUT2D eigenvalue weighted by Gasteiger charge is -2.21. The fourth-order valence-electron chi connectivity index (χ4n) is 2.45. The number of hydrogen-bond donors (Lipinski definition) is 1. The summed E-state index contributed by atoms with van der Waals surface area (Å²) < 4.78 is 52.1. The molecule has 1 aliphatic rings. The van der Waals surface area contributed by atoms with Crippen molar-refractivity contribution in [3.8, 4) is 11.5 Å². The van der Waals surface area contributed by atoms with Crippen LogP contribution < -0.4 is 19.1 Å². The molecule has 7 nitrogen and oxygen atoms in total. The van der Waals surface area contributed by atoms with Crippen molar-refractivity contribution in [3.05, 3.63) is 42.2 Å². The summed E-state index contributed by atoms with van der Waals surface area (Å²) in [5.41, 5.74) is 0.192. The number of ether oxygens (including phenoxy) is 2. The Balaban J connectivity index is 1.97. The van der Waals surface area contributed by atoms with Gasteiger partial charge in [0.15, 0.2) is 11.5 Å². The lowest BCUT2D eigenvalue weighted by Crippen LogP contribution is -2.25. The predicted molar refractivity (Wildman–Crippen MR) is 93.7 cm³/mol. The lowest BCUT2D eigenvalue weighted by atomic mass is 10.2. The van der Waals surface area contributed by atoms with Gasteiger partial charge in [0, 0.05) is 26.1 Å². The van der Waals surface area contributed by atoms with Crippen LogP contribution in [0.3, 0.4) is 0 Å². The Morgan fingerprint density at radius 1 is 1.12 bits per heavy atom. The van der Waals surface area contributed by atoms with E-state index in [1.165, 1.54) is 43.1 Å². The second-order valence-electron chi connectivity index (χ2n) is 5.65. The lowest BCUT2D eigenvalue weighted by molar-refractivity contribution is -0.116. The van der Waals surface area contributed by atoms with E-state index in [0.29, 0.717) is 24.7 Å². The molecule has 0 aromatic heterocycles. The highest BCUT2D eigenvalue weighted by atomic mass is 32.2. The molecule has 0 bridgehead atoms. The van der Waals surface area contributed by atoms with E-state index in [1.807, 2.05) is 0 Å². The number of nitrogens with zero attached hydrogens (tertiary/aromatic N) is 1. The average Bonchev–Trinajstić information content (AvgIpc) is 2.60. The van der Waals surface area contributed by atoms with Gasteiger partial charge in [-0.2, -0.15) is 0 Å². The number of carbonyl (C=O) groups is 1. The van der Waals surface area contributed by atoms with Gasteiger partial charge < -0.3 is 14.4 Å². The molecule has 0 spiro atoms. The van der Waals surface area contributed by atoms with Crippen molar-refractivity contribution in [1.82, 2.24) is 0 Å². The normalized spacial score (nSPS) is 13.2.